The summed E-state index contributed by atoms with van der Waals surface area (Å²) in [6.45, 7) is 2.52. The van der Waals surface area contributed by atoms with Gasteiger partial charge in [-0.2, -0.15) is 5.26 Å². The van der Waals surface area contributed by atoms with Gasteiger partial charge in [0.15, 0.2) is 0 Å². The first-order valence-electron chi connectivity index (χ1n) is 5.99. The summed E-state index contributed by atoms with van der Waals surface area (Å²) in [5.41, 5.74) is 7.75. The van der Waals surface area contributed by atoms with Crippen LogP contribution in [0.2, 0.25) is 0 Å². The van der Waals surface area contributed by atoms with E-state index < -0.39 is 0 Å². The molecule has 2 rings (SSSR count). The average Bonchev–Trinajstić information content (AvgIpc) is 2.43. The fourth-order valence-electron chi connectivity index (χ4n) is 1.97. The first-order chi connectivity index (χ1) is 9.17. The Morgan fingerprint density at radius 3 is 2.63 bits per heavy atom. The van der Waals surface area contributed by atoms with Crippen LogP contribution in [-0.4, -0.2) is 6.54 Å². The van der Waals surface area contributed by atoms with Crippen LogP contribution >= 0.6 is 0 Å². The molecule has 0 spiro atoms. The van der Waals surface area contributed by atoms with Crippen LogP contribution in [0, 0.1) is 17.1 Å². The molecule has 0 radical (unpaired) electrons. The summed E-state index contributed by atoms with van der Waals surface area (Å²) in [6, 6.07) is 13.7. The number of hydrogen-bond acceptors (Lipinski definition) is 3. The van der Waals surface area contributed by atoms with E-state index in [1.807, 2.05) is 13.0 Å². The van der Waals surface area contributed by atoms with Crippen molar-refractivity contribution in [3.8, 4) is 6.07 Å². The third-order valence-electron chi connectivity index (χ3n) is 2.93. The van der Waals surface area contributed by atoms with Crippen LogP contribution in [0.1, 0.15) is 12.5 Å². The maximum atomic E-state index is 13.8. The molecule has 96 valence electrons. The first kappa shape index (κ1) is 12.9. The van der Waals surface area contributed by atoms with Gasteiger partial charge in [-0.3, -0.25) is 0 Å². The van der Waals surface area contributed by atoms with Crippen LogP contribution < -0.4 is 10.6 Å². The first-order valence-corrected chi connectivity index (χ1v) is 5.99. The molecular formula is C15H14FN3. The number of hydrogen-bond donors (Lipinski definition) is 1. The van der Waals surface area contributed by atoms with Crippen molar-refractivity contribution >= 4 is 17.1 Å². The maximum absolute atomic E-state index is 13.8. The van der Waals surface area contributed by atoms with Crippen LogP contribution in [-0.2, 0) is 0 Å². The molecule has 0 aliphatic carbocycles. The highest BCUT2D eigenvalue weighted by Crippen LogP contribution is 2.29. The summed E-state index contributed by atoms with van der Waals surface area (Å²) in [5, 5.41) is 9.00. The van der Waals surface area contributed by atoms with Crippen molar-refractivity contribution < 1.29 is 4.39 Å². The van der Waals surface area contributed by atoms with Crippen LogP contribution in [0.25, 0.3) is 0 Å². The molecule has 0 unspecified atom stereocenters. The Hall–Kier alpha value is -2.54. The van der Waals surface area contributed by atoms with Crippen LogP contribution in [0.4, 0.5) is 21.5 Å². The van der Waals surface area contributed by atoms with Gasteiger partial charge < -0.3 is 10.6 Å². The standard InChI is InChI=1S/C15H14FN3/c1-2-19(15-6-4-3-5-13(15)16)12-7-8-14(18)11(9-12)10-17/h3-9H,2,18H2,1H3. The zero-order valence-corrected chi connectivity index (χ0v) is 10.6. The summed E-state index contributed by atoms with van der Waals surface area (Å²) in [7, 11) is 0. The second-order valence-electron chi connectivity index (χ2n) is 4.08. The van der Waals surface area contributed by atoms with Gasteiger partial charge in [-0.15, -0.1) is 0 Å². The van der Waals surface area contributed by atoms with Crippen LogP contribution in [0.15, 0.2) is 42.5 Å². The lowest BCUT2D eigenvalue weighted by Crippen LogP contribution is -2.17. The Balaban J connectivity index is 2.49. The van der Waals surface area contributed by atoms with E-state index in [0.29, 0.717) is 23.5 Å². The van der Waals surface area contributed by atoms with E-state index in [-0.39, 0.29) is 5.82 Å². The molecule has 19 heavy (non-hydrogen) atoms. The van der Waals surface area contributed by atoms with Gasteiger partial charge in [-0.25, -0.2) is 4.39 Å². The maximum Gasteiger partial charge on any atom is 0.146 e. The molecular weight excluding hydrogens is 241 g/mol. The smallest absolute Gasteiger partial charge is 0.146 e. The van der Waals surface area contributed by atoms with Crippen molar-refractivity contribution in [1.82, 2.24) is 0 Å². The van der Waals surface area contributed by atoms with E-state index in [2.05, 4.69) is 0 Å². The van der Waals surface area contributed by atoms with Crippen molar-refractivity contribution in [2.24, 2.45) is 0 Å². The van der Waals surface area contributed by atoms with Gasteiger partial charge in [-0.05, 0) is 37.3 Å². The van der Waals surface area contributed by atoms with Gasteiger partial charge >= 0.3 is 0 Å². The largest absolute Gasteiger partial charge is 0.398 e. The Morgan fingerprint density at radius 1 is 1.26 bits per heavy atom. The van der Waals surface area contributed by atoms with Crippen molar-refractivity contribution in [3.05, 3.63) is 53.8 Å². The minimum atomic E-state index is -0.292. The number of nitrogens with zero attached hydrogens (tertiary/aromatic N) is 2. The van der Waals surface area contributed by atoms with E-state index in [9.17, 15) is 4.39 Å². The van der Waals surface area contributed by atoms with Crippen molar-refractivity contribution in [2.75, 3.05) is 17.2 Å². The third kappa shape index (κ3) is 2.50. The lowest BCUT2D eigenvalue weighted by molar-refractivity contribution is 0.625. The highest BCUT2D eigenvalue weighted by Gasteiger charge is 2.12. The summed E-state index contributed by atoms with van der Waals surface area (Å²) in [6.07, 6.45) is 0. The molecule has 0 heterocycles. The summed E-state index contributed by atoms with van der Waals surface area (Å²) in [5.74, 6) is -0.292. The molecule has 0 aliphatic rings. The molecule has 0 bridgehead atoms. The number of halogens is 1. The number of nitrogen functional groups attached to an aromatic ring is 1. The van der Waals surface area contributed by atoms with E-state index in [4.69, 9.17) is 11.0 Å². The summed E-state index contributed by atoms with van der Waals surface area (Å²) >= 11 is 0. The van der Waals surface area contributed by atoms with Crippen molar-refractivity contribution in [2.45, 2.75) is 6.92 Å². The SMILES string of the molecule is CCN(c1ccc(N)c(C#N)c1)c1ccccc1F. The Labute approximate surface area is 111 Å². The second kappa shape index (κ2) is 5.40. The summed E-state index contributed by atoms with van der Waals surface area (Å²) < 4.78 is 13.8. The molecule has 0 atom stereocenters. The minimum absolute atomic E-state index is 0.292. The predicted octanol–water partition coefficient (Wildman–Crippen LogP) is 3.44. The molecule has 2 aromatic carbocycles. The highest BCUT2D eigenvalue weighted by molar-refractivity contribution is 5.69. The topological polar surface area (TPSA) is 53.0 Å². The summed E-state index contributed by atoms with van der Waals surface area (Å²) in [4.78, 5) is 1.80. The lowest BCUT2D eigenvalue weighted by atomic mass is 10.1. The van der Waals surface area contributed by atoms with E-state index in [1.54, 1.807) is 41.3 Å². The molecule has 0 saturated carbocycles. The number of anilines is 3. The quantitative estimate of drug-likeness (QED) is 0.855. The van der Waals surface area contributed by atoms with E-state index in [0.717, 1.165) is 5.69 Å². The molecule has 0 fully saturated rings. The zero-order valence-electron chi connectivity index (χ0n) is 10.6. The Bertz CT molecular complexity index is 632. The Morgan fingerprint density at radius 2 is 2.00 bits per heavy atom. The van der Waals surface area contributed by atoms with E-state index in [1.165, 1.54) is 6.07 Å². The molecule has 0 aliphatic heterocycles. The zero-order chi connectivity index (χ0) is 13.8. The lowest BCUT2D eigenvalue weighted by Gasteiger charge is -2.24. The molecule has 2 N–H and O–H groups in total. The fraction of sp³-hybridized carbons (Fsp3) is 0.133. The number of rotatable bonds is 3. The molecule has 0 saturated heterocycles. The molecule has 4 heteroatoms. The van der Waals surface area contributed by atoms with E-state index >= 15 is 0 Å². The number of benzene rings is 2. The van der Waals surface area contributed by atoms with Crippen LogP contribution in [0.5, 0.6) is 0 Å². The predicted molar refractivity (Wildman–Crippen MR) is 74.6 cm³/mol. The number of nitriles is 1. The normalized spacial score (nSPS) is 9.95. The fourth-order valence-corrected chi connectivity index (χ4v) is 1.97. The molecule has 0 aromatic heterocycles. The van der Waals surface area contributed by atoms with Crippen molar-refractivity contribution in [3.63, 3.8) is 0 Å². The molecule has 3 nitrogen and oxygen atoms in total. The van der Waals surface area contributed by atoms with Gasteiger partial charge in [0, 0.05) is 17.9 Å². The van der Waals surface area contributed by atoms with Crippen LogP contribution in [0.3, 0.4) is 0 Å². The average molecular weight is 255 g/mol. The highest BCUT2D eigenvalue weighted by atomic mass is 19.1. The molecule has 2 aromatic rings. The Kier molecular flexibility index (Phi) is 3.67. The second-order valence-corrected chi connectivity index (χ2v) is 4.08. The van der Waals surface area contributed by atoms with Gasteiger partial charge in [-0.1, -0.05) is 12.1 Å². The van der Waals surface area contributed by atoms with Gasteiger partial charge in [0.1, 0.15) is 11.9 Å². The van der Waals surface area contributed by atoms with Gasteiger partial charge in [0.2, 0.25) is 0 Å². The van der Waals surface area contributed by atoms with Gasteiger partial charge in [0.25, 0.3) is 0 Å². The molecule has 0 amide bonds. The monoisotopic (exact) mass is 255 g/mol. The van der Waals surface area contributed by atoms with Gasteiger partial charge in [0.05, 0.1) is 11.3 Å². The minimum Gasteiger partial charge on any atom is -0.398 e. The third-order valence-corrected chi connectivity index (χ3v) is 2.93. The number of para-hydroxylation sites is 1. The van der Waals surface area contributed by atoms with Crippen molar-refractivity contribution in [1.29, 1.82) is 5.26 Å². The number of nitrogens with two attached hydrogens (primary N) is 1.